The third-order valence-corrected chi connectivity index (χ3v) is 2.35. The van der Waals surface area contributed by atoms with Crippen molar-refractivity contribution in [3.8, 4) is 0 Å². The molecular formula is C7H18Cl2N2. The molecule has 1 aliphatic heterocycles. The van der Waals surface area contributed by atoms with E-state index in [0.717, 1.165) is 6.54 Å². The van der Waals surface area contributed by atoms with Crippen LogP contribution in [0.2, 0.25) is 0 Å². The smallest absolute Gasteiger partial charge is 0.0215 e. The summed E-state index contributed by atoms with van der Waals surface area (Å²) in [6.07, 6.45) is 0. The van der Waals surface area contributed by atoms with Gasteiger partial charge in [-0.25, -0.2) is 0 Å². The molecule has 2 nitrogen and oxygen atoms in total. The van der Waals surface area contributed by atoms with Gasteiger partial charge in [0.1, 0.15) is 0 Å². The van der Waals surface area contributed by atoms with E-state index in [9.17, 15) is 0 Å². The number of rotatable bonds is 0. The number of piperazine rings is 1. The third-order valence-electron chi connectivity index (χ3n) is 2.35. The lowest BCUT2D eigenvalue weighted by molar-refractivity contribution is 0.172. The van der Waals surface area contributed by atoms with Gasteiger partial charge in [0.2, 0.25) is 0 Å². The van der Waals surface area contributed by atoms with E-state index in [1.165, 1.54) is 6.54 Å². The summed E-state index contributed by atoms with van der Waals surface area (Å²) in [6.45, 7) is 6.82. The van der Waals surface area contributed by atoms with Crippen LogP contribution in [-0.2, 0) is 0 Å². The predicted octanol–water partition coefficient (Wildman–Crippen LogP) is 1.14. The molecule has 11 heavy (non-hydrogen) atoms. The summed E-state index contributed by atoms with van der Waals surface area (Å²) >= 11 is 0. The molecule has 0 spiro atoms. The molecule has 0 saturated carbocycles. The Bertz CT molecular complexity index is 90.4. The Labute approximate surface area is 81.5 Å². The second-order valence-corrected chi connectivity index (χ2v) is 2.96. The molecule has 1 N–H and O–H groups in total. The Morgan fingerprint density at radius 1 is 1.27 bits per heavy atom. The maximum absolute atomic E-state index is 3.42. The van der Waals surface area contributed by atoms with Crippen molar-refractivity contribution in [2.75, 3.05) is 20.1 Å². The lowest BCUT2D eigenvalue weighted by Gasteiger charge is -2.35. The minimum absolute atomic E-state index is 0. The van der Waals surface area contributed by atoms with Crippen LogP contribution in [0.25, 0.3) is 0 Å². The molecule has 70 valence electrons. The molecular weight excluding hydrogens is 183 g/mol. The van der Waals surface area contributed by atoms with Crippen molar-refractivity contribution in [1.29, 1.82) is 0 Å². The van der Waals surface area contributed by atoms with E-state index >= 15 is 0 Å². The second kappa shape index (κ2) is 6.06. The maximum atomic E-state index is 3.42. The Hall–Kier alpha value is 0.500. The van der Waals surface area contributed by atoms with E-state index in [0.29, 0.717) is 12.1 Å². The second-order valence-electron chi connectivity index (χ2n) is 2.96. The molecule has 0 aromatic heterocycles. The van der Waals surface area contributed by atoms with E-state index in [2.05, 4.69) is 31.1 Å². The van der Waals surface area contributed by atoms with Gasteiger partial charge in [0.25, 0.3) is 0 Å². The van der Waals surface area contributed by atoms with Crippen molar-refractivity contribution in [3.05, 3.63) is 0 Å². The van der Waals surface area contributed by atoms with Crippen LogP contribution in [0.4, 0.5) is 0 Å². The number of halogens is 2. The van der Waals surface area contributed by atoms with Crippen molar-refractivity contribution in [3.63, 3.8) is 0 Å². The normalized spacial score (nSPS) is 31.9. The lowest BCUT2D eigenvalue weighted by Crippen LogP contribution is -2.53. The summed E-state index contributed by atoms with van der Waals surface area (Å²) in [4.78, 5) is 2.39. The fourth-order valence-corrected chi connectivity index (χ4v) is 1.22. The maximum Gasteiger partial charge on any atom is 0.0215 e. The largest absolute Gasteiger partial charge is 0.311 e. The summed E-state index contributed by atoms with van der Waals surface area (Å²) in [7, 11) is 2.18. The first-order chi connectivity index (χ1) is 4.22. The summed E-state index contributed by atoms with van der Waals surface area (Å²) in [5.41, 5.74) is 0. The molecule has 2 atom stereocenters. The molecule has 1 fully saturated rings. The van der Waals surface area contributed by atoms with Crippen molar-refractivity contribution < 1.29 is 0 Å². The number of nitrogens with one attached hydrogen (secondary N) is 1. The van der Waals surface area contributed by atoms with Crippen LogP contribution in [0.5, 0.6) is 0 Å². The zero-order chi connectivity index (χ0) is 6.85. The van der Waals surface area contributed by atoms with Gasteiger partial charge < -0.3 is 10.2 Å². The Balaban J connectivity index is 0. The molecule has 0 aromatic carbocycles. The van der Waals surface area contributed by atoms with Crippen molar-refractivity contribution >= 4 is 24.8 Å². The fourth-order valence-electron chi connectivity index (χ4n) is 1.22. The SMILES string of the molecule is CC1NCCN(C)C1C.Cl.Cl. The molecule has 0 aromatic rings. The summed E-state index contributed by atoms with van der Waals surface area (Å²) < 4.78 is 0. The topological polar surface area (TPSA) is 15.3 Å². The van der Waals surface area contributed by atoms with Gasteiger partial charge in [-0.1, -0.05) is 0 Å². The zero-order valence-electron chi connectivity index (χ0n) is 7.33. The highest BCUT2D eigenvalue weighted by molar-refractivity contribution is 5.85. The van der Waals surface area contributed by atoms with Crippen LogP contribution in [0, 0.1) is 0 Å². The molecule has 1 rings (SSSR count). The molecule has 1 aliphatic rings. The molecule has 1 saturated heterocycles. The molecule has 0 bridgehead atoms. The Morgan fingerprint density at radius 3 is 2.18 bits per heavy atom. The summed E-state index contributed by atoms with van der Waals surface area (Å²) in [6, 6.07) is 1.35. The standard InChI is InChI=1S/C7H16N2.2ClH/c1-6-7(2)9(3)5-4-8-6;;/h6-8H,4-5H2,1-3H3;2*1H. The van der Waals surface area contributed by atoms with E-state index in [1.807, 2.05) is 0 Å². The highest BCUT2D eigenvalue weighted by Crippen LogP contribution is 2.04. The molecule has 0 amide bonds. The number of likely N-dealkylation sites (N-methyl/N-ethyl adjacent to an activating group) is 1. The molecule has 0 radical (unpaired) electrons. The van der Waals surface area contributed by atoms with Crippen LogP contribution in [-0.4, -0.2) is 37.1 Å². The van der Waals surface area contributed by atoms with Crippen molar-refractivity contribution in [2.45, 2.75) is 25.9 Å². The predicted molar refractivity (Wildman–Crippen MR) is 54.1 cm³/mol. The number of hydrogen-bond acceptors (Lipinski definition) is 2. The number of hydrogen-bond donors (Lipinski definition) is 1. The summed E-state index contributed by atoms with van der Waals surface area (Å²) in [5, 5.41) is 3.42. The first-order valence-electron chi connectivity index (χ1n) is 3.65. The number of nitrogens with zero attached hydrogens (tertiary/aromatic N) is 1. The van der Waals surface area contributed by atoms with Crippen molar-refractivity contribution in [1.82, 2.24) is 10.2 Å². The first-order valence-corrected chi connectivity index (χ1v) is 3.65. The highest BCUT2D eigenvalue weighted by Gasteiger charge is 2.19. The quantitative estimate of drug-likeness (QED) is 0.632. The van der Waals surface area contributed by atoms with Gasteiger partial charge in [-0.3, -0.25) is 0 Å². The Morgan fingerprint density at radius 2 is 1.82 bits per heavy atom. The van der Waals surface area contributed by atoms with Crippen LogP contribution in [0.15, 0.2) is 0 Å². The first kappa shape index (κ1) is 14.0. The monoisotopic (exact) mass is 200 g/mol. The van der Waals surface area contributed by atoms with Gasteiger partial charge >= 0.3 is 0 Å². The molecule has 2 unspecified atom stereocenters. The van der Waals surface area contributed by atoms with E-state index in [4.69, 9.17) is 0 Å². The molecule has 4 heteroatoms. The van der Waals surface area contributed by atoms with Crippen LogP contribution >= 0.6 is 24.8 Å². The van der Waals surface area contributed by atoms with Gasteiger partial charge in [0.15, 0.2) is 0 Å². The average Bonchev–Trinajstić information content (AvgIpc) is 1.83. The zero-order valence-corrected chi connectivity index (χ0v) is 8.97. The van der Waals surface area contributed by atoms with Crippen LogP contribution < -0.4 is 5.32 Å². The van der Waals surface area contributed by atoms with Crippen molar-refractivity contribution in [2.24, 2.45) is 0 Å². The average molecular weight is 201 g/mol. The highest BCUT2D eigenvalue weighted by atomic mass is 35.5. The minimum Gasteiger partial charge on any atom is -0.311 e. The van der Waals surface area contributed by atoms with Gasteiger partial charge in [-0.05, 0) is 20.9 Å². The molecule has 1 heterocycles. The van der Waals surface area contributed by atoms with Crippen LogP contribution in [0.3, 0.4) is 0 Å². The lowest BCUT2D eigenvalue weighted by atomic mass is 10.1. The fraction of sp³-hybridized carbons (Fsp3) is 1.00. The van der Waals surface area contributed by atoms with Gasteiger partial charge in [-0.15, -0.1) is 24.8 Å². The van der Waals surface area contributed by atoms with E-state index in [-0.39, 0.29) is 24.8 Å². The van der Waals surface area contributed by atoms with E-state index in [1.54, 1.807) is 0 Å². The summed E-state index contributed by atoms with van der Waals surface area (Å²) in [5.74, 6) is 0. The van der Waals surface area contributed by atoms with Crippen LogP contribution in [0.1, 0.15) is 13.8 Å². The Kier molecular flexibility index (Phi) is 7.75. The molecule has 0 aliphatic carbocycles. The van der Waals surface area contributed by atoms with Gasteiger partial charge in [0, 0.05) is 25.2 Å². The van der Waals surface area contributed by atoms with E-state index < -0.39 is 0 Å². The third kappa shape index (κ3) is 3.61. The van der Waals surface area contributed by atoms with Gasteiger partial charge in [0.05, 0.1) is 0 Å². The van der Waals surface area contributed by atoms with Gasteiger partial charge in [-0.2, -0.15) is 0 Å². The minimum atomic E-state index is 0.